The van der Waals surface area contributed by atoms with Crippen LogP contribution < -0.4 is 10.6 Å². The summed E-state index contributed by atoms with van der Waals surface area (Å²) in [5.74, 6) is -1.77. The number of nitrogens with one attached hydrogen (secondary N) is 2. The van der Waals surface area contributed by atoms with Crippen molar-refractivity contribution in [3.63, 3.8) is 0 Å². The number of amides is 3. The highest BCUT2D eigenvalue weighted by Crippen LogP contribution is 2.30. The van der Waals surface area contributed by atoms with Gasteiger partial charge in [0.15, 0.2) is 18.2 Å². The number of ether oxygens (including phenoxy) is 1. The quantitative estimate of drug-likeness (QED) is 0.575. The van der Waals surface area contributed by atoms with Gasteiger partial charge in [-0.15, -0.1) is 0 Å². The van der Waals surface area contributed by atoms with Crippen molar-refractivity contribution in [1.82, 2.24) is 10.6 Å². The molecule has 2 aliphatic carbocycles. The molecule has 0 spiro atoms. The lowest BCUT2D eigenvalue weighted by Crippen LogP contribution is -2.49. The molecule has 8 nitrogen and oxygen atoms in total. The van der Waals surface area contributed by atoms with Gasteiger partial charge in [0, 0.05) is 28.3 Å². The first kappa shape index (κ1) is 23.4. The van der Waals surface area contributed by atoms with Gasteiger partial charge in [-0.25, -0.2) is 9.59 Å². The molecule has 34 heavy (non-hydrogen) atoms. The second kappa shape index (κ2) is 9.59. The molecule has 3 atom stereocenters. The molecule has 1 saturated carbocycles. The summed E-state index contributed by atoms with van der Waals surface area (Å²) < 4.78 is 5.06. The average molecular weight is 463 g/mol. The Morgan fingerprint density at radius 1 is 0.912 bits per heavy atom. The SMILES string of the molecule is C[C@@H]1[C@H](C)CCC[C@H]1NC(=O)NC(=O)COC(=O)c1cccc2c1C(=O)c1ccccc1C2=O. The normalized spacial score (nSPS) is 21.2. The molecule has 0 aromatic heterocycles. The fourth-order valence-electron chi connectivity index (χ4n) is 4.68. The Bertz CT molecular complexity index is 1190. The molecule has 2 aliphatic rings. The lowest BCUT2D eigenvalue weighted by molar-refractivity contribution is -0.123. The van der Waals surface area contributed by atoms with Gasteiger partial charge in [0.2, 0.25) is 0 Å². The van der Waals surface area contributed by atoms with E-state index in [-0.39, 0.29) is 39.6 Å². The van der Waals surface area contributed by atoms with Crippen LogP contribution in [0, 0.1) is 11.8 Å². The average Bonchev–Trinajstić information content (AvgIpc) is 2.83. The molecule has 4 rings (SSSR count). The van der Waals surface area contributed by atoms with Gasteiger partial charge in [-0.2, -0.15) is 0 Å². The molecule has 0 saturated heterocycles. The van der Waals surface area contributed by atoms with Crippen LogP contribution >= 0.6 is 0 Å². The molecular weight excluding hydrogens is 436 g/mol. The fourth-order valence-corrected chi connectivity index (χ4v) is 4.68. The van der Waals surface area contributed by atoms with Crippen LogP contribution in [0.15, 0.2) is 42.5 Å². The summed E-state index contributed by atoms with van der Waals surface area (Å²) in [5, 5.41) is 4.99. The van der Waals surface area contributed by atoms with Crippen LogP contribution in [0.1, 0.15) is 75.3 Å². The largest absolute Gasteiger partial charge is 0.452 e. The Hall–Kier alpha value is -3.81. The number of hydrogen-bond donors (Lipinski definition) is 2. The second-order valence-corrected chi connectivity index (χ2v) is 8.90. The van der Waals surface area contributed by atoms with Crippen molar-refractivity contribution in [3.8, 4) is 0 Å². The third kappa shape index (κ3) is 4.48. The monoisotopic (exact) mass is 462 g/mol. The molecule has 0 unspecified atom stereocenters. The van der Waals surface area contributed by atoms with E-state index < -0.39 is 30.3 Å². The summed E-state index contributed by atoms with van der Waals surface area (Å²) in [7, 11) is 0. The van der Waals surface area contributed by atoms with Gasteiger partial charge in [0.1, 0.15) is 0 Å². The third-order valence-corrected chi connectivity index (χ3v) is 6.78. The van der Waals surface area contributed by atoms with Crippen molar-refractivity contribution >= 4 is 29.5 Å². The first-order valence-electron chi connectivity index (χ1n) is 11.4. The van der Waals surface area contributed by atoms with Crippen molar-refractivity contribution in [2.45, 2.75) is 39.2 Å². The molecule has 2 aromatic carbocycles. The fraction of sp³-hybridized carbons (Fsp3) is 0.346. The van der Waals surface area contributed by atoms with E-state index in [9.17, 15) is 24.0 Å². The Labute approximate surface area is 197 Å². The number of benzene rings is 2. The molecule has 0 heterocycles. The maximum absolute atomic E-state index is 13.0. The molecular formula is C26H26N2O6. The summed E-state index contributed by atoms with van der Waals surface area (Å²) >= 11 is 0. The molecule has 0 radical (unpaired) electrons. The Morgan fingerprint density at radius 2 is 1.59 bits per heavy atom. The number of esters is 1. The maximum Gasteiger partial charge on any atom is 0.339 e. The first-order chi connectivity index (χ1) is 16.3. The number of rotatable bonds is 4. The molecule has 8 heteroatoms. The molecule has 1 fully saturated rings. The van der Waals surface area contributed by atoms with Gasteiger partial charge in [-0.3, -0.25) is 19.7 Å². The number of carbonyl (C=O) groups excluding carboxylic acids is 5. The van der Waals surface area contributed by atoms with E-state index in [1.54, 1.807) is 18.2 Å². The van der Waals surface area contributed by atoms with Gasteiger partial charge in [-0.1, -0.05) is 63.1 Å². The van der Waals surface area contributed by atoms with Crippen LogP contribution in [0.3, 0.4) is 0 Å². The van der Waals surface area contributed by atoms with E-state index in [1.165, 1.54) is 24.3 Å². The van der Waals surface area contributed by atoms with Crippen LogP contribution in [-0.2, 0) is 9.53 Å². The predicted octanol–water partition coefficient (Wildman–Crippen LogP) is 3.27. The minimum Gasteiger partial charge on any atom is -0.452 e. The maximum atomic E-state index is 13.0. The van der Waals surface area contributed by atoms with Crippen molar-refractivity contribution in [1.29, 1.82) is 0 Å². The zero-order chi connectivity index (χ0) is 24.4. The van der Waals surface area contributed by atoms with E-state index in [4.69, 9.17) is 4.74 Å². The minimum absolute atomic E-state index is 0.0265. The Balaban J connectivity index is 1.39. The van der Waals surface area contributed by atoms with Crippen LogP contribution in [0.5, 0.6) is 0 Å². The van der Waals surface area contributed by atoms with Gasteiger partial charge in [-0.05, 0) is 24.3 Å². The van der Waals surface area contributed by atoms with Gasteiger partial charge in [0.05, 0.1) is 5.56 Å². The summed E-state index contributed by atoms with van der Waals surface area (Å²) in [5.41, 5.74) is 0.443. The Kier molecular flexibility index (Phi) is 6.58. The van der Waals surface area contributed by atoms with E-state index in [0.29, 0.717) is 11.8 Å². The highest BCUT2D eigenvalue weighted by Gasteiger charge is 2.33. The molecule has 2 N–H and O–H groups in total. The molecule has 0 aliphatic heterocycles. The standard InChI is InChI=1S/C26H26N2O6/c1-14-7-5-12-20(15(14)2)27-26(33)28-21(29)13-34-25(32)19-11-6-10-18-22(19)24(31)17-9-4-3-8-16(17)23(18)30/h3-4,6,8-11,14-15,20H,5,7,12-13H2,1-2H3,(H2,27,28,29,33)/t14-,15-,20-/m1/s1. The van der Waals surface area contributed by atoms with Crippen LogP contribution in [-0.4, -0.2) is 42.1 Å². The number of imide groups is 1. The minimum atomic E-state index is -0.928. The van der Waals surface area contributed by atoms with E-state index in [0.717, 1.165) is 19.3 Å². The topological polar surface area (TPSA) is 119 Å². The first-order valence-corrected chi connectivity index (χ1v) is 11.4. The number of carbonyl (C=O) groups is 5. The second-order valence-electron chi connectivity index (χ2n) is 8.90. The van der Waals surface area contributed by atoms with Crippen LogP contribution in [0.4, 0.5) is 4.79 Å². The zero-order valence-electron chi connectivity index (χ0n) is 19.1. The summed E-state index contributed by atoms with van der Waals surface area (Å²) in [6, 6.07) is 10.1. The zero-order valence-corrected chi connectivity index (χ0v) is 19.1. The molecule has 3 amide bonds. The smallest absolute Gasteiger partial charge is 0.339 e. The number of fused-ring (bicyclic) bond motifs is 2. The summed E-state index contributed by atoms with van der Waals surface area (Å²) in [6.07, 6.45) is 2.96. The van der Waals surface area contributed by atoms with Gasteiger partial charge >= 0.3 is 12.0 Å². The van der Waals surface area contributed by atoms with E-state index in [1.807, 2.05) is 0 Å². The number of urea groups is 1. The van der Waals surface area contributed by atoms with Crippen LogP contribution in [0.2, 0.25) is 0 Å². The lowest BCUT2D eigenvalue weighted by Gasteiger charge is -2.34. The number of hydrogen-bond acceptors (Lipinski definition) is 6. The van der Waals surface area contributed by atoms with E-state index in [2.05, 4.69) is 24.5 Å². The molecule has 176 valence electrons. The molecule has 2 aromatic rings. The van der Waals surface area contributed by atoms with Crippen molar-refractivity contribution < 1.29 is 28.7 Å². The summed E-state index contributed by atoms with van der Waals surface area (Å²) in [4.78, 5) is 62.9. The predicted molar refractivity (Wildman–Crippen MR) is 123 cm³/mol. The lowest BCUT2D eigenvalue weighted by atomic mass is 9.78. The van der Waals surface area contributed by atoms with Crippen LogP contribution in [0.25, 0.3) is 0 Å². The summed E-state index contributed by atoms with van der Waals surface area (Å²) in [6.45, 7) is 3.51. The van der Waals surface area contributed by atoms with Crippen molar-refractivity contribution in [3.05, 3.63) is 70.3 Å². The van der Waals surface area contributed by atoms with Gasteiger partial charge in [0.25, 0.3) is 5.91 Å². The van der Waals surface area contributed by atoms with Crippen molar-refractivity contribution in [2.24, 2.45) is 11.8 Å². The molecule has 0 bridgehead atoms. The highest BCUT2D eigenvalue weighted by atomic mass is 16.5. The third-order valence-electron chi connectivity index (χ3n) is 6.78. The number of ketones is 2. The van der Waals surface area contributed by atoms with E-state index >= 15 is 0 Å². The Morgan fingerprint density at radius 3 is 2.32 bits per heavy atom. The highest BCUT2D eigenvalue weighted by molar-refractivity contribution is 6.30. The van der Waals surface area contributed by atoms with Gasteiger partial charge < -0.3 is 10.1 Å². The van der Waals surface area contributed by atoms with Crippen molar-refractivity contribution in [2.75, 3.05) is 6.61 Å².